The molecular formula is C6H20N3O7+3. The number of rotatable bonds is 5. The Balaban J connectivity index is -0.000000240. The van der Waals surface area contributed by atoms with E-state index in [1.54, 1.807) is 0 Å². The highest BCUT2D eigenvalue weighted by molar-refractivity contribution is 5.88. The zero-order valence-electron chi connectivity index (χ0n) is 8.68. The summed E-state index contributed by atoms with van der Waals surface area (Å²) in [5.41, 5.74) is -2.55. The molecule has 0 aromatic rings. The maximum absolute atomic E-state index is 10.4. The first kappa shape index (κ1) is 23.8. The van der Waals surface area contributed by atoms with Gasteiger partial charge in [-0.25, -0.2) is 9.59 Å². The van der Waals surface area contributed by atoms with E-state index in [1.165, 1.54) is 0 Å². The molecule has 0 amide bonds. The van der Waals surface area contributed by atoms with Crippen LogP contribution in [0.5, 0.6) is 0 Å². The Morgan fingerprint density at radius 3 is 1.69 bits per heavy atom. The summed E-state index contributed by atoms with van der Waals surface area (Å²) in [6.07, 6.45) is -1.84. The van der Waals surface area contributed by atoms with Crippen molar-refractivity contribution in [2.75, 3.05) is 0 Å². The van der Waals surface area contributed by atoms with E-state index in [1.807, 2.05) is 0 Å². The van der Waals surface area contributed by atoms with Crippen molar-refractivity contribution in [1.82, 2.24) is 18.5 Å². The Morgan fingerprint density at radius 1 is 1.12 bits per heavy atom. The SMILES string of the molecule is N.N.N.O=C(O)C(O)(CC(O)=[OH+])CC(=[OH+])[OH2+]. The molecule has 0 spiro atoms. The zero-order chi connectivity index (χ0) is 10.6. The van der Waals surface area contributed by atoms with E-state index in [9.17, 15) is 9.90 Å². The molecule has 0 saturated carbocycles. The van der Waals surface area contributed by atoms with Crippen LogP contribution in [0.3, 0.4) is 0 Å². The first-order valence-corrected chi connectivity index (χ1v) is 3.24. The van der Waals surface area contributed by atoms with Crippen molar-refractivity contribution < 1.29 is 34.8 Å². The summed E-state index contributed by atoms with van der Waals surface area (Å²) in [6.45, 7) is 0. The molecule has 0 saturated heterocycles. The molecule has 0 aromatic heterocycles. The summed E-state index contributed by atoms with van der Waals surface area (Å²) in [5, 5.41) is 32.5. The van der Waals surface area contributed by atoms with Crippen molar-refractivity contribution in [1.29, 1.82) is 0 Å². The highest BCUT2D eigenvalue weighted by Gasteiger charge is 2.47. The second-order valence-corrected chi connectivity index (χ2v) is 2.55. The van der Waals surface area contributed by atoms with Crippen molar-refractivity contribution >= 4 is 17.9 Å². The summed E-state index contributed by atoms with van der Waals surface area (Å²) < 4.78 is 0. The van der Waals surface area contributed by atoms with E-state index < -0.39 is 36.4 Å². The van der Waals surface area contributed by atoms with Gasteiger partial charge in [0.1, 0.15) is 6.42 Å². The van der Waals surface area contributed by atoms with Gasteiger partial charge in [-0.2, -0.15) is 0 Å². The molecule has 10 heteroatoms. The molecule has 0 heterocycles. The molecule has 1 unspecified atom stereocenters. The molecule has 0 aliphatic carbocycles. The molecule has 16 N–H and O–H groups in total. The molecule has 0 aliphatic rings. The number of hydrogen-bond acceptors (Lipinski definition) is 5. The van der Waals surface area contributed by atoms with Gasteiger partial charge >= 0.3 is 17.9 Å². The van der Waals surface area contributed by atoms with Gasteiger partial charge in [-0.05, 0) is 0 Å². The molecule has 16 heavy (non-hydrogen) atoms. The fourth-order valence-electron chi connectivity index (χ4n) is 0.752. The highest BCUT2D eigenvalue weighted by atomic mass is 16.4. The third kappa shape index (κ3) is 7.64. The second-order valence-electron chi connectivity index (χ2n) is 2.55. The Hall–Kier alpha value is -1.75. The van der Waals surface area contributed by atoms with Gasteiger partial charge in [-0.15, -0.1) is 0 Å². The smallest absolute Gasteiger partial charge is 0.524 e. The van der Waals surface area contributed by atoms with E-state index in [4.69, 9.17) is 24.9 Å². The van der Waals surface area contributed by atoms with Crippen molar-refractivity contribution in [3.05, 3.63) is 0 Å². The standard InChI is InChI=1S/C6H8O7.3H3N/c7-3(8)1-6(13,5(11)12)2-4(9)10;;;/h13H,1-2H2,(H,7,8)(H,9,10)(H,11,12);3*1H3/p+3. The number of aliphatic hydroxyl groups is 1. The van der Waals surface area contributed by atoms with E-state index in [-0.39, 0.29) is 18.5 Å². The van der Waals surface area contributed by atoms with Gasteiger partial charge in [-0.3, -0.25) is 0 Å². The van der Waals surface area contributed by atoms with Crippen molar-refractivity contribution in [3.63, 3.8) is 0 Å². The van der Waals surface area contributed by atoms with Crippen LogP contribution in [0, 0.1) is 0 Å². The lowest BCUT2D eigenvalue weighted by atomic mass is 9.96. The summed E-state index contributed by atoms with van der Waals surface area (Å²) in [5.74, 6) is -4.07. The first-order valence-electron chi connectivity index (χ1n) is 3.24. The Bertz CT molecular complexity index is 239. The molecule has 0 aromatic carbocycles. The lowest BCUT2D eigenvalue weighted by molar-refractivity contribution is -0.157. The predicted molar refractivity (Wildman–Crippen MR) is 57.0 cm³/mol. The minimum Gasteiger partial charge on any atom is -0.524 e. The maximum atomic E-state index is 10.4. The lowest BCUT2D eigenvalue weighted by Gasteiger charge is -2.13. The zero-order valence-corrected chi connectivity index (χ0v) is 8.68. The van der Waals surface area contributed by atoms with Crippen LogP contribution in [-0.4, -0.2) is 53.5 Å². The van der Waals surface area contributed by atoms with E-state index in [0.717, 1.165) is 0 Å². The molecule has 0 radical (unpaired) electrons. The quantitative estimate of drug-likeness (QED) is 0.308. The Kier molecular flexibility index (Phi) is 12.7. The lowest BCUT2D eigenvalue weighted by Crippen LogP contribution is -2.42. The van der Waals surface area contributed by atoms with Crippen LogP contribution in [0.2, 0.25) is 0 Å². The third-order valence-electron chi connectivity index (χ3n) is 1.31. The van der Waals surface area contributed by atoms with Gasteiger partial charge in [0, 0.05) is 0 Å². The minimum absolute atomic E-state index is 0. The van der Waals surface area contributed by atoms with Gasteiger partial charge in [-0.1, -0.05) is 0 Å². The molecule has 10 nitrogen and oxygen atoms in total. The molecule has 0 aliphatic heterocycles. The maximum Gasteiger partial charge on any atom is 0.625 e. The van der Waals surface area contributed by atoms with Crippen LogP contribution in [0.15, 0.2) is 0 Å². The molecule has 1 atom stereocenters. The number of hydrogen-bond donors (Lipinski definition) is 6. The number of aliphatic carboxylic acids is 2. The normalized spacial score (nSPS) is 11.8. The van der Waals surface area contributed by atoms with E-state index in [0.29, 0.717) is 0 Å². The summed E-state index contributed by atoms with van der Waals surface area (Å²) in [4.78, 5) is 27.2. The van der Waals surface area contributed by atoms with Gasteiger partial charge in [0.25, 0.3) is 0 Å². The molecular weight excluding hydrogens is 226 g/mol. The van der Waals surface area contributed by atoms with Crippen LogP contribution in [-0.2, 0) is 4.79 Å². The van der Waals surface area contributed by atoms with E-state index in [2.05, 4.69) is 0 Å². The number of aliphatic hydroxyl groups excluding tert-OH is 1. The van der Waals surface area contributed by atoms with Crippen molar-refractivity contribution in [3.8, 4) is 0 Å². The van der Waals surface area contributed by atoms with Crippen LogP contribution in [0.25, 0.3) is 0 Å². The fraction of sp³-hybridized carbons (Fsp3) is 0.500. The highest BCUT2D eigenvalue weighted by Crippen LogP contribution is 2.15. The summed E-state index contributed by atoms with van der Waals surface area (Å²) in [6, 6.07) is 0. The molecule has 0 bridgehead atoms. The molecule has 0 rings (SSSR count). The largest absolute Gasteiger partial charge is 0.625 e. The minimum atomic E-state index is -2.55. The topological polar surface area (TPSA) is 248 Å². The van der Waals surface area contributed by atoms with Crippen LogP contribution in [0.4, 0.5) is 0 Å². The number of carboxylic acids is 2. The number of carbonyl (C=O) groups is 1. The summed E-state index contributed by atoms with van der Waals surface area (Å²) >= 11 is 0. The van der Waals surface area contributed by atoms with Crippen LogP contribution < -0.4 is 18.5 Å². The van der Waals surface area contributed by atoms with Gasteiger partial charge in [0.15, 0.2) is 6.42 Å². The fourth-order valence-corrected chi connectivity index (χ4v) is 0.752. The average molecular weight is 246 g/mol. The van der Waals surface area contributed by atoms with Gasteiger partial charge in [0.2, 0.25) is 5.60 Å². The second kappa shape index (κ2) is 8.55. The molecule has 98 valence electrons. The van der Waals surface area contributed by atoms with Gasteiger partial charge < -0.3 is 43.7 Å². The van der Waals surface area contributed by atoms with Crippen molar-refractivity contribution in [2.45, 2.75) is 18.4 Å². The Labute approximate surface area is 90.6 Å². The summed E-state index contributed by atoms with van der Waals surface area (Å²) in [7, 11) is 0. The first-order chi connectivity index (χ1) is 5.78. The van der Waals surface area contributed by atoms with Crippen LogP contribution in [0.1, 0.15) is 12.8 Å². The third-order valence-corrected chi connectivity index (χ3v) is 1.31. The van der Waals surface area contributed by atoms with E-state index >= 15 is 0 Å². The average Bonchev–Trinajstić information content (AvgIpc) is 1.82. The van der Waals surface area contributed by atoms with Gasteiger partial charge in [0.05, 0.1) is 0 Å². The number of carbonyl (C=O) groups excluding carboxylic acids is 1. The predicted octanol–water partition coefficient (Wildman–Crippen LogP) is -1.64. The van der Waals surface area contributed by atoms with Crippen LogP contribution >= 0.6 is 0 Å². The molecule has 0 fully saturated rings. The Morgan fingerprint density at radius 2 is 1.50 bits per heavy atom. The number of carboxylic acid groups (broad SMARTS) is 2. The monoisotopic (exact) mass is 246 g/mol. The van der Waals surface area contributed by atoms with Crippen molar-refractivity contribution in [2.24, 2.45) is 0 Å².